The van der Waals surface area contributed by atoms with Crippen LogP contribution in [-0.4, -0.2) is 42.8 Å². The Morgan fingerprint density at radius 2 is 2.00 bits per heavy atom. The molecule has 116 valence electrons. The SMILES string of the molecule is CN(C)c1cc(I)c2c(c1)CN(C1CCC(=O)NC1=O)C2=O. The second-order valence-corrected chi connectivity index (χ2v) is 6.92. The Kier molecular flexibility index (Phi) is 3.84. The fraction of sp³-hybridized carbons (Fsp3) is 0.400. The summed E-state index contributed by atoms with van der Waals surface area (Å²) < 4.78 is 0.888. The molecule has 22 heavy (non-hydrogen) atoms. The highest BCUT2D eigenvalue weighted by Gasteiger charge is 2.40. The molecule has 6 nitrogen and oxygen atoms in total. The van der Waals surface area contributed by atoms with Crippen LogP contribution in [0.3, 0.4) is 0 Å². The van der Waals surface area contributed by atoms with Crippen molar-refractivity contribution >= 4 is 46.0 Å². The molecule has 0 radical (unpaired) electrons. The molecule has 3 rings (SSSR count). The first kappa shape index (κ1) is 15.3. The van der Waals surface area contributed by atoms with Crippen LogP contribution in [0.5, 0.6) is 0 Å². The molecule has 3 amide bonds. The van der Waals surface area contributed by atoms with Gasteiger partial charge in [0.1, 0.15) is 6.04 Å². The quantitative estimate of drug-likeness (QED) is 0.583. The van der Waals surface area contributed by atoms with Crippen molar-refractivity contribution < 1.29 is 14.4 Å². The van der Waals surface area contributed by atoms with Crippen molar-refractivity contribution in [2.45, 2.75) is 25.4 Å². The standard InChI is InChI=1S/C15H16IN3O3/c1-18(2)9-5-8-7-19(15(22)13(8)10(16)6-9)11-3-4-12(20)17-14(11)21/h5-6,11H,3-4,7H2,1-2H3,(H,17,20,21). The van der Waals surface area contributed by atoms with Crippen LogP contribution in [0.2, 0.25) is 0 Å². The van der Waals surface area contributed by atoms with Crippen molar-refractivity contribution in [2.24, 2.45) is 0 Å². The van der Waals surface area contributed by atoms with E-state index in [2.05, 4.69) is 27.9 Å². The molecule has 1 aromatic carbocycles. The minimum absolute atomic E-state index is 0.126. The predicted molar refractivity (Wildman–Crippen MR) is 89.5 cm³/mol. The third kappa shape index (κ3) is 2.47. The molecule has 2 heterocycles. The lowest BCUT2D eigenvalue weighted by Crippen LogP contribution is -2.52. The highest BCUT2D eigenvalue weighted by molar-refractivity contribution is 14.1. The van der Waals surface area contributed by atoms with Crippen molar-refractivity contribution in [2.75, 3.05) is 19.0 Å². The summed E-state index contributed by atoms with van der Waals surface area (Å²) in [7, 11) is 3.90. The van der Waals surface area contributed by atoms with Crippen molar-refractivity contribution in [3.63, 3.8) is 0 Å². The highest BCUT2D eigenvalue weighted by Crippen LogP contribution is 2.33. The molecule has 2 aliphatic heterocycles. The van der Waals surface area contributed by atoms with Crippen LogP contribution in [0.1, 0.15) is 28.8 Å². The van der Waals surface area contributed by atoms with E-state index in [0.717, 1.165) is 14.8 Å². The number of nitrogens with one attached hydrogen (secondary N) is 1. The van der Waals surface area contributed by atoms with Crippen LogP contribution in [0.4, 0.5) is 5.69 Å². The van der Waals surface area contributed by atoms with E-state index in [0.29, 0.717) is 18.5 Å². The van der Waals surface area contributed by atoms with Crippen LogP contribution in [0, 0.1) is 3.57 Å². The number of halogens is 1. The lowest BCUT2D eigenvalue weighted by Gasteiger charge is -2.29. The van der Waals surface area contributed by atoms with Gasteiger partial charge in [0.15, 0.2) is 0 Å². The monoisotopic (exact) mass is 413 g/mol. The molecule has 0 aromatic heterocycles. The molecule has 1 fully saturated rings. The Labute approximate surface area is 142 Å². The lowest BCUT2D eigenvalue weighted by molar-refractivity contribution is -0.136. The Morgan fingerprint density at radius 3 is 2.64 bits per heavy atom. The normalized spacial score (nSPS) is 21.0. The van der Waals surface area contributed by atoms with E-state index in [1.165, 1.54) is 0 Å². The molecule has 1 atom stereocenters. The zero-order valence-electron chi connectivity index (χ0n) is 12.4. The molecule has 1 saturated heterocycles. The molecule has 0 spiro atoms. The van der Waals surface area contributed by atoms with Crippen molar-refractivity contribution in [3.8, 4) is 0 Å². The smallest absolute Gasteiger partial charge is 0.256 e. The number of rotatable bonds is 2. The van der Waals surface area contributed by atoms with Gasteiger partial charge in [0, 0.05) is 36.3 Å². The Bertz CT molecular complexity index is 687. The van der Waals surface area contributed by atoms with Crippen LogP contribution in [0.25, 0.3) is 0 Å². The average Bonchev–Trinajstić information content (AvgIpc) is 2.76. The number of carbonyl (C=O) groups is 3. The number of fused-ring (bicyclic) bond motifs is 1. The van der Waals surface area contributed by atoms with E-state index in [-0.39, 0.29) is 24.1 Å². The molecule has 0 saturated carbocycles. The number of hydrogen-bond donors (Lipinski definition) is 1. The third-order valence-corrected chi connectivity index (χ3v) is 4.93. The minimum atomic E-state index is -0.559. The molecule has 1 unspecified atom stereocenters. The summed E-state index contributed by atoms with van der Waals surface area (Å²) in [5, 5.41) is 2.32. The largest absolute Gasteiger partial charge is 0.378 e. The Hall–Kier alpha value is -1.64. The summed E-state index contributed by atoms with van der Waals surface area (Å²) >= 11 is 2.16. The summed E-state index contributed by atoms with van der Waals surface area (Å²) in [6, 6.07) is 3.39. The number of nitrogens with zero attached hydrogens (tertiary/aromatic N) is 2. The summed E-state index contributed by atoms with van der Waals surface area (Å²) in [6.45, 7) is 0.415. The maximum absolute atomic E-state index is 12.7. The summed E-state index contributed by atoms with van der Waals surface area (Å²) in [5.41, 5.74) is 2.64. The van der Waals surface area contributed by atoms with Gasteiger partial charge in [-0.2, -0.15) is 0 Å². The first-order valence-electron chi connectivity index (χ1n) is 7.03. The first-order chi connectivity index (χ1) is 10.4. The number of anilines is 1. The molecule has 7 heteroatoms. The summed E-state index contributed by atoms with van der Waals surface area (Å²) in [6.07, 6.45) is 0.665. The minimum Gasteiger partial charge on any atom is -0.378 e. The first-order valence-corrected chi connectivity index (χ1v) is 8.10. The summed E-state index contributed by atoms with van der Waals surface area (Å²) in [5.74, 6) is -0.769. The van der Waals surface area contributed by atoms with Gasteiger partial charge in [0.2, 0.25) is 11.8 Å². The van der Waals surface area contributed by atoms with Crippen LogP contribution >= 0.6 is 22.6 Å². The van der Waals surface area contributed by atoms with Gasteiger partial charge in [0.05, 0.1) is 5.56 Å². The van der Waals surface area contributed by atoms with E-state index in [1.807, 2.05) is 31.1 Å². The van der Waals surface area contributed by atoms with Crippen molar-refractivity contribution in [3.05, 3.63) is 26.8 Å². The van der Waals surface area contributed by atoms with E-state index >= 15 is 0 Å². The Morgan fingerprint density at radius 1 is 1.27 bits per heavy atom. The van der Waals surface area contributed by atoms with Crippen LogP contribution in [0.15, 0.2) is 12.1 Å². The van der Waals surface area contributed by atoms with Gasteiger partial charge in [-0.25, -0.2) is 0 Å². The number of benzene rings is 1. The van der Waals surface area contributed by atoms with Gasteiger partial charge in [0.25, 0.3) is 5.91 Å². The molecule has 0 aliphatic carbocycles. The lowest BCUT2D eigenvalue weighted by atomic mass is 10.0. The maximum atomic E-state index is 12.7. The molecule has 0 bridgehead atoms. The second-order valence-electron chi connectivity index (χ2n) is 5.76. The Balaban J connectivity index is 1.92. The predicted octanol–water partition coefficient (Wildman–Crippen LogP) is 1.12. The van der Waals surface area contributed by atoms with Gasteiger partial charge < -0.3 is 9.80 Å². The zero-order chi connectivity index (χ0) is 16.0. The number of piperidine rings is 1. The van der Waals surface area contributed by atoms with Gasteiger partial charge in [-0.15, -0.1) is 0 Å². The van der Waals surface area contributed by atoms with Crippen LogP contribution < -0.4 is 10.2 Å². The molecule has 1 N–H and O–H groups in total. The molecular formula is C15H16IN3O3. The molecular weight excluding hydrogens is 397 g/mol. The number of hydrogen-bond acceptors (Lipinski definition) is 4. The van der Waals surface area contributed by atoms with Crippen molar-refractivity contribution in [1.82, 2.24) is 10.2 Å². The van der Waals surface area contributed by atoms with Gasteiger partial charge in [-0.1, -0.05) is 0 Å². The third-order valence-electron chi connectivity index (χ3n) is 4.07. The van der Waals surface area contributed by atoms with E-state index in [9.17, 15) is 14.4 Å². The van der Waals surface area contributed by atoms with E-state index in [1.54, 1.807) is 4.90 Å². The summed E-state index contributed by atoms with van der Waals surface area (Å²) in [4.78, 5) is 39.5. The molecule has 2 aliphatic rings. The maximum Gasteiger partial charge on any atom is 0.256 e. The van der Waals surface area contributed by atoms with Crippen molar-refractivity contribution in [1.29, 1.82) is 0 Å². The fourth-order valence-corrected chi connectivity index (χ4v) is 3.80. The zero-order valence-corrected chi connectivity index (χ0v) is 14.5. The van der Waals surface area contributed by atoms with Gasteiger partial charge in [-0.05, 0) is 46.7 Å². The van der Waals surface area contributed by atoms with E-state index < -0.39 is 6.04 Å². The van der Waals surface area contributed by atoms with Gasteiger partial charge >= 0.3 is 0 Å². The fourth-order valence-electron chi connectivity index (χ4n) is 2.90. The number of carbonyl (C=O) groups excluding carboxylic acids is 3. The molecule has 1 aromatic rings. The number of imide groups is 1. The van der Waals surface area contributed by atoms with E-state index in [4.69, 9.17) is 0 Å². The highest BCUT2D eigenvalue weighted by atomic mass is 127. The van der Waals surface area contributed by atoms with Gasteiger partial charge in [-0.3, -0.25) is 19.7 Å². The number of amides is 3. The average molecular weight is 413 g/mol. The second kappa shape index (κ2) is 5.53. The van der Waals surface area contributed by atoms with Crippen LogP contribution in [-0.2, 0) is 16.1 Å². The topological polar surface area (TPSA) is 69.7 Å².